The molecule has 11 heavy (non-hydrogen) atoms. The summed E-state index contributed by atoms with van der Waals surface area (Å²) < 4.78 is 1.57. The maximum Gasteiger partial charge on any atom is 0.177 e. The molecule has 1 aromatic heterocycles. The molecule has 0 aromatic carbocycles. The first-order valence-corrected chi connectivity index (χ1v) is 3.73. The van der Waals surface area contributed by atoms with E-state index in [0.717, 1.165) is 0 Å². The van der Waals surface area contributed by atoms with Crippen molar-refractivity contribution in [2.75, 3.05) is 0 Å². The molecule has 0 atom stereocenters. The van der Waals surface area contributed by atoms with Crippen LogP contribution in [0, 0.1) is 29.6 Å². The van der Waals surface area contributed by atoms with E-state index in [1.165, 1.54) is 0 Å². The Balaban J connectivity index is 3.45. The lowest BCUT2D eigenvalue weighted by molar-refractivity contribution is 1.11. The second kappa shape index (κ2) is 2.89. The van der Waals surface area contributed by atoms with Crippen LogP contribution in [0.3, 0.4) is 0 Å². The molecule has 0 amide bonds. The summed E-state index contributed by atoms with van der Waals surface area (Å²) in [5, 5.41) is 17.1. The topological polar surface area (TPSA) is 65.4 Å². The highest BCUT2D eigenvalue weighted by atomic mass is 127. The van der Waals surface area contributed by atoms with Crippen LogP contribution in [0.5, 0.6) is 0 Å². The summed E-state index contributed by atoms with van der Waals surface area (Å²) in [6, 6.07) is 3.75. The van der Waals surface area contributed by atoms with Gasteiger partial charge in [0.2, 0.25) is 0 Å². The lowest BCUT2D eigenvalue weighted by atomic mass is 10.4. The third-order valence-electron chi connectivity index (χ3n) is 1.19. The third-order valence-corrected chi connectivity index (χ3v) is 2.37. The highest BCUT2D eigenvalue weighted by Gasteiger charge is 2.10. The van der Waals surface area contributed by atoms with Gasteiger partial charge < -0.3 is 0 Å². The molecule has 1 rings (SSSR count). The largest absolute Gasteiger partial charge is 0.258 e. The molecule has 4 nitrogen and oxygen atoms in total. The fourth-order valence-corrected chi connectivity index (χ4v) is 1.13. The fraction of sp³-hybridized carbons (Fsp3) is 0.167. The van der Waals surface area contributed by atoms with Crippen molar-refractivity contribution in [3.05, 3.63) is 17.2 Å². The van der Waals surface area contributed by atoms with Crippen LogP contribution >= 0.6 is 22.9 Å². The number of hydrogen-bond donors (Lipinski definition) is 0. The molecule has 5 heteroatoms. The second-order valence-corrected chi connectivity index (χ2v) is 2.83. The van der Waals surface area contributed by atoms with E-state index in [0.29, 0.717) is 11.5 Å². The fourth-order valence-electron chi connectivity index (χ4n) is 0.688. The van der Waals surface area contributed by atoms with Crippen LogP contribution in [0.2, 0.25) is 0 Å². The minimum Gasteiger partial charge on any atom is -0.258 e. The van der Waals surface area contributed by atoms with E-state index >= 15 is 0 Å². The van der Waals surface area contributed by atoms with Crippen molar-refractivity contribution in [1.29, 1.82) is 10.5 Å². The van der Waals surface area contributed by atoms with E-state index in [9.17, 15) is 0 Å². The number of nitrogens with zero attached hydrogens (tertiary/aromatic N) is 4. The van der Waals surface area contributed by atoms with E-state index in [-0.39, 0.29) is 5.69 Å². The Morgan fingerprint density at radius 3 is 2.45 bits per heavy atom. The number of rotatable bonds is 0. The maximum atomic E-state index is 8.58. The predicted octanol–water partition coefficient (Wildman–Crippen LogP) is 1.13. The Labute approximate surface area is 77.6 Å². The van der Waals surface area contributed by atoms with E-state index in [4.69, 9.17) is 10.5 Å². The molecule has 0 fully saturated rings. The smallest absolute Gasteiger partial charge is 0.177 e. The van der Waals surface area contributed by atoms with Crippen LogP contribution in [-0.2, 0) is 0 Å². The Bertz CT molecular complexity index is 365. The van der Waals surface area contributed by atoms with Crippen LogP contribution in [0.15, 0.2) is 0 Å². The molecule has 1 heterocycles. The molecule has 0 spiro atoms. The van der Waals surface area contributed by atoms with Gasteiger partial charge in [-0.25, -0.2) is 4.98 Å². The maximum absolute atomic E-state index is 8.58. The predicted molar refractivity (Wildman–Crippen MR) is 45.8 cm³/mol. The lowest BCUT2D eigenvalue weighted by Gasteiger charge is -1.88. The van der Waals surface area contributed by atoms with Crippen molar-refractivity contribution in [1.82, 2.24) is 7.76 Å². The standard InChI is InChI=1S/C6H3IN4/c1-4-10-5(2-8)6(3-9)11(4)7/h1H3. The van der Waals surface area contributed by atoms with Gasteiger partial charge in [0.05, 0.1) is 22.9 Å². The molecular formula is C6H3IN4. The van der Waals surface area contributed by atoms with Crippen molar-refractivity contribution in [3.8, 4) is 12.1 Å². The quantitative estimate of drug-likeness (QED) is 0.655. The number of aromatic nitrogens is 2. The summed E-state index contributed by atoms with van der Waals surface area (Å²) in [6.45, 7) is 1.74. The summed E-state index contributed by atoms with van der Waals surface area (Å²) in [7, 11) is 0. The minimum atomic E-state index is 0.194. The Morgan fingerprint density at radius 1 is 1.45 bits per heavy atom. The van der Waals surface area contributed by atoms with Gasteiger partial charge in [0.25, 0.3) is 0 Å². The zero-order chi connectivity index (χ0) is 8.43. The van der Waals surface area contributed by atoms with Crippen molar-refractivity contribution < 1.29 is 0 Å². The Hall–Kier alpha value is -1.08. The first kappa shape index (κ1) is 8.02. The van der Waals surface area contributed by atoms with Crippen molar-refractivity contribution in [2.24, 2.45) is 0 Å². The molecule has 0 radical (unpaired) electrons. The van der Waals surface area contributed by atoms with Gasteiger partial charge in [0, 0.05) is 0 Å². The number of hydrogen-bond acceptors (Lipinski definition) is 3. The lowest BCUT2D eigenvalue weighted by Crippen LogP contribution is -1.86. The molecule has 0 bridgehead atoms. The van der Waals surface area contributed by atoms with Gasteiger partial charge in [0.15, 0.2) is 11.4 Å². The van der Waals surface area contributed by atoms with Gasteiger partial charge in [-0.1, -0.05) is 0 Å². The third kappa shape index (κ3) is 1.19. The Morgan fingerprint density at radius 2 is 2.09 bits per heavy atom. The Kier molecular flexibility index (Phi) is 2.11. The van der Waals surface area contributed by atoms with Crippen LogP contribution < -0.4 is 0 Å². The van der Waals surface area contributed by atoms with Gasteiger partial charge in [-0.15, -0.1) is 0 Å². The summed E-state index contributed by atoms with van der Waals surface area (Å²) in [5.41, 5.74) is 0.505. The molecule has 0 saturated heterocycles. The average Bonchev–Trinajstić information content (AvgIpc) is 2.28. The normalized spacial score (nSPS) is 8.73. The molecule has 54 valence electrons. The molecule has 0 aliphatic heterocycles. The molecule has 0 aliphatic carbocycles. The van der Waals surface area contributed by atoms with Crippen molar-refractivity contribution in [2.45, 2.75) is 6.92 Å². The average molecular weight is 258 g/mol. The molecule has 0 unspecified atom stereocenters. The summed E-state index contributed by atoms with van der Waals surface area (Å²) >= 11 is 1.93. The van der Waals surface area contributed by atoms with Crippen LogP contribution in [0.1, 0.15) is 17.2 Å². The highest BCUT2D eigenvalue weighted by Crippen LogP contribution is 2.12. The summed E-state index contributed by atoms with van der Waals surface area (Å²) in [6.07, 6.45) is 0. The van der Waals surface area contributed by atoms with E-state index in [1.807, 2.05) is 35.0 Å². The zero-order valence-corrected chi connectivity index (χ0v) is 7.82. The molecule has 0 saturated carbocycles. The highest BCUT2D eigenvalue weighted by molar-refractivity contribution is 14.1. The van der Waals surface area contributed by atoms with Crippen LogP contribution in [-0.4, -0.2) is 7.76 Å². The van der Waals surface area contributed by atoms with Crippen LogP contribution in [0.25, 0.3) is 0 Å². The van der Waals surface area contributed by atoms with E-state index in [2.05, 4.69) is 4.98 Å². The number of halogens is 1. The van der Waals surface area contributed by atoms with Crippen molar-refractivity contribution >= 4 is 22.9 Å². The van der Waals surface area contributed by atoms with Gasteiger partial charge in [-0.2, -0.15) is 10.5 Å². The van der Waals surface area contributed by atoms with Gasteiger partial charge >= 0.3 is 0 Å². The molecule has 0 N–H and O–H groups in total. The first-order valence-electron chi connectivity index (χ1n) is 2.76. The zero-order valence-electron chi connectivity index (χ0n) is 5.67. The number of nitriles is 2. The van der Waals surface area contributed by atoms with Crippen molar-refractivity contribution in [3.63, 3.8) is 0 Å². The van der Waals surface area contributed by atoms with Gasteiger partial charge in [0.1, 0.15) is 18.0 Å². The van der Waals surface area contributed by atoms with E-state index in [1.54, 1.807) is 9.70 Å². The SMILES string of the molecule is Cc1nc(C#N)c(C#N)n1I. The van der Waals surface area contributed by atoms with E-state index < -0.39 is 0 Å². The first-order chi connectivity index (χ1) is 5.20. The number of imidazole rings is 1. The summed E-state index contributed by atoms with van der Waals surface area (Å²) in [4.78, 5) is 3.87. The monoisotopic (exact) mass is 258 g/mol. The minimum absolute atomic E-state index is 0.194. The molecule has 0 aliphatic rings. The number of aryl methyl sites for hydroxylation is 1. The van der Waals surface area contributed by atoms with Gasteiger partial charge in [-0.05, 0) is 6.92 Å². The molecule has 1 aromatic rings. The van der Waals surface area contributed by atoms with Gasteiger partial charge in [-0.3, -0.25) is 2.78 Å². The van der Waals surface area contributed by atoms with Crippen LogP contribution in [0.4, 0.5) is 0 Å². The molecular weight excluding hydrogens is 255 g/mol. The second-order valence-electron chi connectivity index (χ2n) is 1.86. The summed E-state index contributed by atoms with van der Waals surface area (Å²) in [5.74, 6) is 0.665.